The fraction of sp³-hybridized carbons (Fsp3) is 0.133. The number of benzene rings is 4. The molecule has 0 saturated carbocycles. The summed E-state index contributed by atoms with van der Waals surface area (Å²) in [5.41, 5.74) is 4.31. The molecule has 0 unspecified atom stereocenters. The van der Waals surface area contributed by atoms with Gasteiger partial charge in [-0.3, -0.25) is 4.79 Å². The summed E-state index contributed by atoms with van der Waals surface area (Å²) in [6.07, 6.45) is 0. The average Bonchev–Trinajstić information content (AvgIpc) is 2.92. The monoisotopic (exact) mass is 459 g/mol. The number of phenols is 1. The van der Waals surface area contributed by atoms with Gasteiger partial charge in [0.15, 0.2) is 0 Å². The van der Waals surface area contributed by atoms with Gasteiger partial charge in [-0.05, 0) is 35.0 Å². The Bertz CT molecular complexity index is 1550. The molecule has 1 aliphatic heterocycles. The molecule has 0 bridgehead atoms. The van der Waals surface area contributed by atoms with Gasteiger partial charge in [0.1, 0.15) is 5.75 Å². The minimum Gasteiger partial charge on any atom is -0.508 e. The third-order valence-corrected chi connectivity index (χ3v) is 6.77. The SMILES string of the molecule is O=C(c1cc(-c2cccc3ccccc23)nc2ccccc12)N1CCN(c2cccc(O)c2)CC1. The van der Waals surface area contributed by atoms with Gasteiger partial charge in [0, 0.05) is 48.9 Å². The molecule has 0 radical (unpaired) electrons. The molecule has 1 amide bonds. The molecule has 5 heteroatoms. The quantitative estimate of drug-likeness (QED) is 0.375. The zero-order valence-corrected chi connectivity index (χ0v) is 19.3. The number of piperazine rings is 1. The van der Waals surface area contributed by atoms with Gasteiger partial charge in [0.2, 0.25) is 0 Å². The number of hydrogen-bond donors (Lipinski definition) is 1. The van der Waals surface area contributed by atoms with Crippen molar-refractivity contribution in [1.82, 2.24) is 9.88 Å². The molecule has 6 rings (SSSR count). The van der Waals surface area contributed by atoms with E-state index in [0.717, 1.165) is 38.6 Å². The van der Waals surface area contributed by atoms with Crippen molar-refractivity contribution in [3.8, 4) is 17.0 Å². The standard InChI is InChI=1S/C30H25N3O2/c34-23-10-6-9-22(19-23)32-15-17-33(18-16-32)30(35)27-20-29(31-28-14-4-3-12-26(27)28)25-13-5-8-21-7-1-2-11-24(21)25/h1-14,19-20,34H,15-18H2. The number of carbonyl (C=O) groups is 1. The number of nitrogens with zero attached hydrogens (tertiary/aromatic N) is 3. The summed E-state index contributed by atoms with van der Waals surface area (Å²) >= 11 is 0. The summed E-state index contributed by atoms with van der Waals surface area (Å²) in [5, 5.41) is 13.0. The van der Waals surface area contributed by atoms with Gasteiger partial charge in [0.25, 0.3) is 5.91 Å². The lowest BCUT2D eigenvalue weighted by Crippen LogP contribution is -2.48. The molecule has 2 heterocycles. The number of aromatic nitrogens is 1. The van der Waals surface area contributed by atoms with Gasteiger partial charge in [-0.2, -0.15) is 0 Å². The lowest BCUT2D eigenvalue weighted by molar-refractivity contribution is 0.0748. The molecule has 1 N–H and O–H groups in total. The van der Waals surface area contributed by atoms with Crippen LogP contribution in [0.15, 0.2) is 97.1 Å². The fourth-order valence-corrected chi connectivity index (χ4v) is 4.97. The normalized spacial score (nSPS) is 13.9. The van der Waals surface area contributed by atoms with E-state index in [0.29, 0.717) is 31.7 Å². The largest absolute Gasteiger partial charge is 0.508 e. The second-order valence-electron chi connectivity index (χ2n) is 8.90. The Labute approximate surface area is 203 Å². The Morgan fingerprint density at radius 1 is 0.743 bits per heavy atom. The maximum absolute atomic E-state index is 13.8. The Morgan fingerprint density at radius 3 is 2.29 bits per heavy atom. The fourth-order valence-electron chi connectivity index (χ4n) is 4.97. The predicted molar refractivity (Wildman–Crippen MR) is 141 cm³/mol. The van der Waals surface area contributed by atoms with E-state index in [-0.39, 0.29) is 11.7 Å². The van der Waals surface area contributed by atoms with E-state index in [4.69, 9.17) is 4.98 Å². The van der Waals surface area contributed by atoms with Crippen LogP contribution in [0.4, 0.5) is 5.69 Å². The molecular formula is C30H25N3O2. The van der Waals surface area contributed by atoms with Gasteiger partial charge < -0.3 is 14.9 Å². The second-order valence-corrected chi connectivity index (χ2v) is 8.90. The number of phenolic OH excluding ortho intramolecular Hbond substituents is 1. The van der Waals surface area contributed by atoms with E-state index < -0.39 is 0 Å². The smallest absolute Gasteiger partial charge is 0.254 e. The van der Waals surface area contributed by atoms with Gasteiger partial charge in [-0.1, -0.05) is 66.7 Å². The lowest BCUT2D eigenvalue weighted by Gasteiger charge is -2.36. The first-order chi connectivity index (χ1) is 17.2. The molecular weight excluding hydrogens is 434 g/mol. The second kappa shape index (κ2) is 8.76. The molecule has 5 aromatic rings. The first-order valence-corrected chi connectivity index (χ1v) is 11.9. The van der Waals surface area contributed by atoms with Gasteiger partial charge in [-0.15, -0.1) is 0 Å². The van der Waals surface area contributed by atoms with Crippen LogP contribution in [0.2, 0.25) is 0 Å². The molecule has 35 heavy (non-hydrogen) atoms. The van der Waals surface area contributed by atoms with Crippen molar-refractivity contribution >= 4 is 33.3 Å². The third-order valence-electron chi connectivity index (χ3n) is 6.77. The van der Waals surface area contributed by atoms with Crippen LogP contribution in [0.5, 0.6) is 5.75 Å². The van der Waals surface area contributed by atoms with Crippen molar-refractivity contribution in [3.63, 3.8) is 0 Å². The van der Waals surface area contributed by atoms with Crippen LogP contribution in [-0.2, 0) is 0 Å². The van der Waals surface area contributed by atoms with E-state index in [2.05, 4.69) is 29.2 Å². The van der Waals surface area contributed by atoms with Crippen molar-refractivity contribution in [2.45, 2.75) is 0 Å². The highest BCUT2D eigenvalue weighted by Crippen LogP contribution is 2.31. The van der Waals surface area contributed by atoms with Crippen LogP contribution in [0.1, 0.15) is 10.4 Å². The topological polar surface area (TPSA) is 56.7 Å². The van der Waals surface area contributed by atoms with Gasteiger partial charge in [0.05, 0.1) is 16.8 Å². The summed E-state index contributed by atoms with van der Waals surface area (Å²) in [6.45, 7) is 2.67. The maximum atomic E-state index is 13.8. The molecule has 4 aromatic carbocycles. The zero-order chi connectivity index (χ0) is 23.8. The molecule has 1 aliphatic rings. The summed E-state index contributed by atoms with van der Waals surface area (Å²) < 4.78 is 0. The van der Waals surface area contributed by atoms with Crippen LogP contribution in [0, 0.1) is 0 Å². The van der Waals surface area contributed by atoms with Crippen LogP contribution in [-0.4, -0.2) is 47.1 Å². The summed E-state index contributed by atoms with van der Waals surface area (Å²) in [6, 6.07) is 31.6. The van der Waals surface area contributed by atoms with Crippen molar-refractivity contribution in [2.75, 3.05) is 31.1 Å². The lowest BCUT2D eigenvalue weighted by atomic mass is 9.98. The van der Waals surface area contributed by atoms with Crippen LogP contribution in [0.3, 0.4) is 0 Å². The Kier molecular flexibility index (Phi) is 5.30. The highest BCUT2D eigenvalue weighted by atomic mass is 16.3. The van der Waals surface area contributed by atoms with Crippen molar-refractivity contribution in [2.24, 2.45) is 0 Å². The van der Waals surface area contributed by atoms with Crippen molar-refractivity contribution < 1.29 is 9.90 Å². The number of carbonyl (C=O) groups excluding carboxylic acids is 1. The Balaban J connectivity index is 1.35. The van der Waals surface area contributed by atoms with Crippen LogP contribution < -0.4 is 4.90 Å². The average molecular weight is 460 g/mol. The molecule has 0 aliphatic carbocycles. The van der Waals surface area contributed by atoms with E-state index >= 15 is 0 Å². The molecule has 0 spiro atoms. The number of pyridine rings is 1. The van der Waals surface area contributed by atoms with E-state index in [1.165, 1.54) is 0 Å². The highest BCUT2D eigenvalue weighted by Gasteiger charge is 2.25. The van der Waals surface area contributed by atoms with E-state index in [1.807, 2.05) is 65.6 Å². The highest BCUT2D eigenvalue weighted by molar-refractivity contribution is 6.08. The Morgan fingerprint density at radius 2 is 1.46 bits per heavy atom. The molecule has 0 atom stereocenters. The molecule has 172 valence electrons. The number of fused-ring (bicyclic) bond motifs is 2. The third kappa shape index (κ3) is 3.95. The molecule has 5 nitrogen and oxygen atoms in total. The van der Waals surface area contributed by atoms with Crippen LogP contribution >= 0.6 is 0 Å². The maximum Gasteiger partial charge on any atom is 0.254 e. The van der Waals surface area contributed by atoms with E-state index in [1.54, 1.807) is 12.1 Å². The zero-order valence-electron chi connectivity index (χ0n) is 19.3. The molecule has 1 aromatic heterocycles. The first kappa shape index (κ1) is 21.2. The first-order valence-electron chi connectivity index (χ1n) is 11.9. The molecule has 1 fully saturated rings. The summed E-state index contributed by atoms with van der Waals surface area (Å²) in [4.78, 5) is 22.9. The number of amides is 1. The summed E-state index contributed by atoms with van der Waals surface area (Å²) in [5.74, 6) is 0.283. The predicted octanol–water partition coefficient (Wildman–Crippen LogP) is 5.72. The minimum atomic E-state index is 0.0284. The van der Waals surface area contributed by atoms with Crippen molar-refractivity contribution in [1.29, 1.82) is 0 Å². The van der Waals surface area contributed by atoms with Crippen molar-refractivity contribution in [3.05, 3.63) is 103 Å². The van der Waals surface area contributed by atoms with Crippen LogP contribution in [0.25, 0.3) is 32.9 Å². The van der Waals surface area contributed by atoms with E-state index in [9.17, 15) is 9.90 Å². The van der Waals surface area contributed by atoms with Gasteiger partial charge >= 0.3 is 0 Å². The summed E-state index contributed by atoms with van der Waals surface area (Å²) in [7, 11) is 0. The minimum absolute atomic E-state index is 0.0284. The number of hydrogen-bond acceptors (Lipinski definition) is 4. The Hall–Kier alpha value is -4.38. The van der Waals surface area contributed by atoms with Gasteiger partial charge in [-0.25, -0.2) is 4.98 Å². The number of anilines is 1. The molecule has 1 saturated heterocycles. The number of rotatable bonds is 3. The number of para-hydroxylation sites is 1. The number of aromatic hydroxyl groups is 1.